The Morgan fingerprint density at radius 1 is 1.53 bits per heavy atom. The van der Waals surface area contributed by atoms with Crippen molar-refractivity contribution in [3.63, 3.8) is 0 Å². The van der Waals surface area contributed by atoms with E-state index < -0.39 is 5.97 Å². The lowest BCUT2D eigenvalue weighted by molar-refractivity contribution is -0.137. The topological polar surface area (TPSA) is 78.9 Å². The summed E-state index contributed by atoms with van der Waals surface area (Å²) in [7, 11) is 1.56. The lowest BCUT2D eigenvalue weighted by Crippen LogP contribution is -2.46. The Hall–Kier alpha value is -1.56. The van der Waals surface area contributed by atoms with Gasteiger partial charge in [-0.25, -0.2) is 4.79 Å². The minimum Gasteiger partial charge on any atom is -0.481 e. The molecule has 6 heteroatoms. The monoisotopic (exact) mass is 272 g/mol. The minimum atomic E-state index is -0.911. The second-order valence-electron chi connectivity index (χ2n) is 4.26. The first-order valence-electron chi connectivity index (χ1n) is 6.42. The highest BCUT2D eigenvalue weighted by Crippen LogP contribution is 2.03. The Balaban J connectivity index is 4.45. The number of methoxy groups -OCH3 is 1. The quantitative estimate of drug-likeness (QED) is 0.590. The Kier molecular flexibility index (Phi) is 9.52. The molecule has 0 saturated heterocycles. The molecule has 110 valence electrons. The van der Waals surface area contributed by atoms with Crippen molar-refractivity contribution in [1.29, 1.82) is 0 Å². The van der Waals surface area contributed by atoms with Crippen molar-refractivity contribution in [1.82, 2.24) is 10.2 Å². The summed E-state index contributed by atoms with van der Waals surface area (Å²) in [5.41, 5.74) is 0. The lowest BCUT2D eigenvalue weighted by atomic mass is 10.1. The van der Waals surface area contributed by atoms with Crippen LogP contribution >= 0.6 is 0 Å². The maximum Gasteiger partial charge on any atom is 0.317 e. The van der Waals surface area contributed by atoms with Gasteiger partial charge in [0.25, 0.3) is 0 Å². The van der Waals surface area contributed by atoms with E-state index >= 15 is 0 Å². The minimum absolute atomic E-state index is 0.0637. The molecule has 0 aliphatic carbocycles. The van der Waals surface area contributed by atoms with Gasteiger partial charge in [-0.1, -0.05) is 19.4 Å². The number of hydrogen-bond acceptors (Lipinski definition) is 3. The molecule has 0 radical (unpaired) electrons. The second kappa shape index (κ2) is 10.4. The number of amides is 2. The summed E-state index contributed by atoms with van der Waals surface area (Å²) >= 11 is 0. The van der Waals surface area contributed by atoms with Crippen LogP contribution in [-0.4, -0.2) is 54.9 Å². The van der Waals surface area contributed by atoms with Crippen molar-refractivity contribution in [3.05, 3.63) is 12.7 Å². The van der Waals surface area contributed by atoms with Crippen molar-refractivity contribution in [2.45, 2.75) is 32.2 Å². The average molecular weight is 272 g/mol. The van der Waals surface area contributed by atoms with E-state index in [-0.39, 0.29) is 18.5 Å². The van der Waals surface area contributed by atoms with Gasteiger partial charge in [-0.3, -0.25) is 4.79 Å². The third kappa shape index (κ3) is 8.20. The van der Waals surface area contributed by atoms with Gasteiger partial charge in [0.15, 0.2) is 0 Å². The number of carboxylic acids is 1. The standard InChI is InChI=1S/C13H24N2O4/c1-4-6-11(10-12(16)17)14-13(18)15(7-5-2)8-9-19-3/h5,11H,2,4,6-10H2,1,3H3,(H,14,18)(H,16,17). The molecule has 0 fully saturated rings. The van der Waals surface area contributed by atoms with Crippen LogP contribution in [0, 0.1) is 0 Å². The molecule has 0 bridgehead atoms. The van der Waals surface area contributed by atoms with Gasteiger partial charge >= 0.3 is 12.0 Å². The molecule has 19 heavy (non-hydrogen) atoms. The summed E-state index contributed by atoms with van der Waals surface area (Å²) in [6.07, 6.45) is 3.02. The van der Waals surface area contributed by atoms with Gasteiger partial charge < -0.3 is 20.1 Å². The number of carboxylic acid groups (broad SMARTS) is 1. The normalized spacial score (nSPS) is 11.7. The highest BCUT2D eigenvalue weighted by molar-refractivity contribution is 5.76. The van der Waals surface area contributed by atoms with Gasteiger partial charge in [-0.05, 0) is 6.42 Å². The van der Waals surface area contributed by atoms with Crippen LogP contribution in [0.25, 0.3) is 0 Å². The molecule has 0 heterocycles. The van der Waals surface area contributed by atoms with Gasteiger partial charge in [0.2, 0.25) is 0 Å². The second-order valence-corrected chi connectivity index (χ2v) is 4.26. The predicted octanol–water partition coefficient (Wildman–Crippen LogP) is 1.47. The number of rotatable bonds is 10. The zero-order valence-electron chi connectivity index (χ0n) is 11.7. The molecule has 6 nitrogen and oxygen atoms in total. The Morgan fingerprint density at radius 3 is 2.68 bits per heavy atom. The van der Waals surface area contributed by atoms with Gasteiger partial charge in [0.1, 0.15) is 0 Å². The van der Waals surface area contributed by atoms with Crippen LogP contribution in [-0.2, 0) is 9.53 Å². The highest BCUT2D eigenvalue weighted by Gasteiger charge is 2.18. The number of nitrogens with zero attached hydrogens (tertiary/aromatic N) is 1. The molecule has 0 saturated carbocycles. The number of carbonyl (C=O) groups excluding carboxylic acids is 1. The zero-order chi connectivity index (χ0) is 14.7. The summed E-state index contributed by atoms with van der Waals surface area (Å²) in [6, 6.07) is -0.624. The van der Waals surface area contributed by atoms with E-state index in [9.17, 15) is 9.59 Å². The van der Waals surface area contributed by atoms with Crippen molar-refractivity contribution in [3.8, 4) is 0 Å². The highest BCUT2D eigenvalue weighted by atomic mass is 16.5. The third-order valence-electron chi connectivity index (χ3n) is 2.59. The fraction of sp³-hybridized carbons (Fsp3) is 0.692. The Morgan fingerprint density at radius 2 is 2.21 bits per heavy atom. The van der Waals surface area contributed by atoms with Crippen LogP contribution in [0.1, 0.15) is 26.2 Å². The Labute approximate surface area is 114 Å². The van der Waals surface area contributed by atoms with E-state index in [0.717, 1.165) is 6.42 Å². The summed E-state index contributed by atoms with van der Waals surface area (Å²) < 4.78 is 4.94. The molecule has 1 atom stereocenters. The fourth-order valence-electron chi connectivity index (χ4n) is 1.68. The van der Waals surface area contributed by atoms with E-state index in [4.69, 9.17) is 9.84 Å². The molecule has 1 unspecified atom stereocenters. The van der Waals surface area contributed by atoms with Crippen molar-refractivity contribution >= 4 is 12.0 Å². The number of aliphatic carboxylic acids is 1. The van der Waals surface area contributed by atoms with Gasteiger partial charge in [-0.2, -0.15) is 0 Å². The number of nitrogens with one attached hydrogen (secondary N) is 1. The number of hydrogen-bond donors (Lipinski definition) is 2. The van der Waals surface area contributed by atoms with Crippen molar-refractivity contribution in [2.24, 2.45) is 0 Å². The van der Waals surface area contributed by atoms with Crippen LogP contribution in [0.5, 0.6) is 0 Å². The summed E-state index contributed by atoms with van der Waals surface area (Å²) in [5, 5.41) is 11.6. The molecular formula is C13H24N2O4. The molecule has 0 aliphatic rings. The average Bonchev–Trinajstić information content (AvgIpc) is 2.33. The van der Waals surface area contributed by atoms with Crippen LogP contribution < -0.4 is 5.32 Å². The molecule has 0 aliphatic heterocycles. The smallest absolute Gasteiger partial charge is 0.317 e. The van der Waals surface area contributed by atoms with Crippen LogP contribution in [0.3, 0.4) is 0 Å². The van der Waals surface area contributed by atoms with E-state index in [2.05, 4.69) is 11.9 Å². The molecule has 2 N–H and O–H groups in total. The van der Waals surface area contributed by atoms with Gasteiger partial charge in [0, 0.05) is 26.2 Å². The summed E-state index contributed by atoms with van der Waals surface area (Å²) in [5.74, 6) is -0.911. The van der Waals surface area contributed by atoms with Gasteiger partial charge in [-0.15, -0.1) is 6.58 Å². The van der Waals surface area contributed by atoms with Gasteiger partial charge in [0.05, 0.1) is 13.0 Å². The van der Waals surface area contributed by atoms with E-state index in [0.29, 0.717) is 26.1 Å². The first-order valence-corrected chi connectivity index (χ1v) is 6.42. The van der Waals surface area contributed by atoms with E-state index in [1.807, 2.05) is 6.92 Å². The summed E-state index contributed by atoms with van der Waals surface area (Å²) in [4.78, 5) is 24.3. The molecule has 0 rings (SSSR count). The number of urea groups is 1. The maximum absolute atomic E-state index is 12.0. The molecule has 0 aromatic rings. The zero-order valence-corrected chi connectivity index (χ0v) is 11.7. The Bertz CT molecular complexity index is 294. The van der Waals surface area contributed by atoms with Crippen LogP contribution in [0.4, 0.5) is 4.79 Å². The van der Waals surface area contributed by atoms with Crippen LogP contribution in [0.15, 0.2) is 12.7 Å². The van der Waals surface area contributed by atoms with E-state index in [1.54, 1.807) is 18.1 Å². The first-order chi connectivity index (χ1) is 9.04. The van der Waals surface area contributed by atoms with Crippen LogP contribution in [0.2, 0.25) is 0 Å². The first kappa shape index (κ1) is 17.4. The molecule has 2 amide bonds. The fourth-order valence-corrected chi connectivity index (χ4v) is 1.68. The maximum atomic E-state index is 12.0. The molecule has 0 spiro atoms. The van der Waals surface area contributed by atoms with Crippen molar-refractivity contribution < 1.29 is 19.4 Å². The van der Waals surface area contributed by atoms with Crippen molar-refractivity contribution in [2.75, 3.05) is 26.8 Å². The molecule has 0 aromatic heterocycles. The SMILES string of the molecule is C=CCN(CCOC)C(=O)NC(CCC)CC(=O)O. The third-order valence-corrected chi connectivity index (χ3v) is 2.59. The lowest BCUT2D eigenvalue weighted by Gasteiger charge is -2.24. The predicted molar refractivity (Wildman–Crippen MR) is 73.1 cm³/mol. The molecule has 0 aromatic carbocycles. The number of ether oxygens (including phenoxy) is 1. The summed E-state index contributed by atoms with van der Waals surface area (Å²) in [6.45, 7) is 6.83. The molecular weight excluding hydrogens is 248 g/mol. The van der Waals surface area contributed by atoms with E-state index in [1.165, 1.54) is 0 Å². The largest absolute Gasteiger partial charge is 0.481 e. The number of carbonyl (C=O) groups is 2.